The molecule has 2 atom stereocenters. The van der Waals surface area contributed by atoms with Gasteiger partial charge in [-0.1, -0.05) is 46.3 Å². The van der Waals surface area contributed by atoms with Gasteiger partial charge < -0.3 is 4.74 Å². The number of anilines is 1. The van der Waals surface area contributed by atoms with Gasteiger partial charge in [-0.2, -0.15) is 0 Å². The lowest BCUT2D eigenvalue weighted by atomic mass is 9.97. The van der Waals surface area contributed by atoms with E-state index in [1.165, 1.54) is 13.8 Å². The molecule has 1 fully saturated rings. The molecule has 0 saturated carbocycles. The average Bonchev–Trinajstić information content (AvgIpc) is 2.96. The van der Waals surface area contributed by atoms with Crippen molar-refractivity contribution in [2.75, 3.05) is 5.06 Å². The first-order valence-electron chi connectivity index (χ1n) is 7.91. The van der Waals surface area contributed by atoms with Crippen LogP contribution in [0, 0.1) is 0 Å². The molecule has 0 spiro atoms. The van der Waals surface area contributed by atoms with Crippen LogP contribution in [0.2, 0.25) is 0 Å². The third kappa shape index (κ3) is 3.60. The number of Topliss-reactive ketones (excluding diaryl/α,β-unsaturated/α-hetero) is 1. The van der Waals surface area contributed by atoms with Crippen molar-refractivity contribution in [3.8, 4) is 0 Å². The van der Waals surface area contributed by atoms with Crippen LogP contribution in [-0.4, -0.2) is 17.5 Å². The number of carbonyl (C=O) groups is 2. The molecule has 1 aliphatic heterocycles. The van der Waals surface area contributed by atoms with Crippen LogP contribution in [0.25, 0.3) is 0 Å². The van der Waals surface area contributed by atoms with Crippen molar-refractivity contribution in [1.29, 1.82) is 0 Å². The minimum atomic E-state index is -1.61. The van der Waals surface area contributed by atoms with Gasteiger partial charge in [0.25, 0.3) is 5.79 Å². The highest BCUT2D eigenvalue weighted by atomic mass is 79.9. The van der Waals surface area contributed by atoms with Crippen LogP contribution in [0.5, 0.6) is 0 Å². The summed E-state index contributed by atoms with van der Waals surface area (Å²) in [5, 5.41) is 1.65. The molecular weight excluding hydrogens is 386 g/mol. The number of esters is 1. The molecule has 1 aliphatic rings. The van der Waals surface area contributed by atoms with Crippen molar-refractivity contribution in [2.45, 2.75) is 32.1 Å². The van der Waals surface area contributed by atoms with Crippen molar-refractivity contribution in [3.05, 3.63) is 64.6 Å². The maximum Gasteiger partial charge on any atom is 0.305 e. The van der Waals surface area contributed by atoms with E-state index in [9.17, 15) is 9.59 Å². The summed E-state index contributed by atoms with van der Waals surface area (Å²) in [5.74, 6) is -2.51. The van der Waals surface area contributed by atoms with Crippen LogP contribution < -0.4 is 5.06 Å². The first kappa shape index (κ1) is 17.6. The van der Waals surface area contributed by atoms with Gasteiger partial charge in [-0.25, -0.2) is 9.90 Å². The number of rotatable bonds is 4. The minimum Gasteiger partial charge on any atom is -0.423 e. The molecule has 6 heteroatoms. The van der Waals surface area contributed by atoms with Gasteiger partial charge in [0.15, 0.2) is 0 Å². The Balaban J connectivity index is 2.04. The number of nitrogens with zero attached hydrogens (tertiary/aromatic N) is 1. The molecular formula is C19H18BrNO4. The molecule has 0 aliphatic carbocycles. The Morgan fingerprint density at radius 3 is 2.32 bits per heavy atom. The van der Waals surface area contributed by atoms with E-state index in [0.717, 1.165) is 15.7 Å². The smallest absolute Gasteiger partial charge is 0.305 e. The Morgan fingerprint density at radius 2 is 1.76 bits per heavy atom. The Bertz CT molecular complexity index is 778. The lowest BCUT2D eigenvalue weighted by Crippen LogP contribution is -2.42. The molecule has 2 aromatic carbocycles. The number of hydroxylamine groups is 1. The van der Waals surface area contributed by atoms with Gasteiger partial charge in [0.1, 0.15) is 0 Å². The first-order chi connectivity index (χ1) is 11.9. The number of carbonyl (C=O) groups excluding carboxylic acids is 2. The van der Waals surface area contributed by atoms with E-state index < -0.39 is 11.8 Å². The Morgan fingerprint density at radius 1 is 1.12 bits per heavy atom. The lowest BCUT2D eigenvalue weighted by Gasteiger charge is -2.27. The second-order valence-electron chi connectivity index (χ2n) is 5.93. The molecule has 0 N–H and O–H groups in total. The second-order valence-corrected chi connectivity index (χ2v) is 6.84. The van der Waals surface area contributed by atoms with Crippen molar-refractivity contribution in [3.63, 3.8) is 0 Å². The maximum atomic E-state index is 12.3. The predicted octanol–water partition coefficient (Wildman–Crippen LogP) is 4.18. The third-order valence-corrected chi connectivity index (χ3v) is 4.63. The molecule has 5 nitrogen and oxygen atoms in total. The van der Waals surface area contributed by atoms with Gasteiger partial charge in [0.05, 0.1) is 18.2 Å². The van der Waals surface area contributed by atoms with Crippen LogP contribution in [0.15, 0.2) is 59.1 Å². The molecule has 0 radical (unpaired) electrons. The van der Waals surface area contributed by atoms with Crippen molar-refractivity contribution >= 4 is 33.4 Å². The highest BCUT2D eigenvalue weighted by Crippen LogP contribution is 2.44. The van der Waals surface area contributed by atoms with E-state index in [4.69, 9.17) is 9.57 Å². The molecule has 1 saturated heterocycles. The van der Waals surface area contributed by atoms with Gasteiger partial charge in [0.2, 0.25) is 5.78 Å². The fraction of sp³-hybridized carbons (Fsp3) is 0.263. The van der Waals surface area contributed by atoms with Crippen LogP contribution in [0.3, 0.4) is 0 Å². The highest BCUT2D eigenvalue weighted by Gasteiger charge is 2.53. The van der Waals surface area contributed by atoms with Crippen molar-refractivity contribution < 1.29 is 19.2 Å². The second kappa shape index (κ2) is 6.98. The Hall–Kier alpha value is -2.18. The maximum absolute atomic E-state index is 12.3. The normalized spacial score (nSPS) is 22.7. The highest BCUT2D eigenvalue weighted by molar-refractivity contribution is 9.10. The number of para-hydroxylation sites is 1. The van der Waals surface area contributed by atoms with Crippen LogP contribution in [0.1, 0.15) is 31.9 Å². The van der Waals surface area contributed by atoms with Gasteiger partial charge in [-0.15, -0.1) is 0 Å². The largest absolute Gasteiger partial charge is 0.423 e. The molecule has 0 amide bonds. The van der Waals surface area contributed by atoms with E-state index in [1.54, 1.807) is 5.06 Å². The van der Waals surface area contributed by atoms with Crippen LogP contribution in [-0.2, 0) is 19.2 Å². The number of halogens is 1. The van der Waals surface area contributed by atoms with Gasteiger partial charge in [-0.05, 0) is 29.8 Å². The van der Waals surface area contributed by atoms with E-state index in [1.807, 2.05) is 54.6 Å². The lowest BCUT2D eigenvalue weighted by molar-refractivity contribution is -0.213. The quantitative estimate of drug-likeness (QED) is 0.716. The number of ketones is 1. The fourth-order valence-electron chi connectivity index (χ4n) is 2.92. The number of hydrogen-bond donors (Lipinski definition) is 0. The van der Waals surface area contributed by atoms with Gasteiger partial charge in [0, 0.05) is 18.3 Å². The van der Waals surface area contributed by atoms with Gasteiger partial charge in [-0.3, -0.25) is 9.59 Å². The van der Waals surface area contributed by atoms with E-state index >= 15 is 0 Å². The van der Waals surface area contributed by atoms with E-state index in [-0.39, 0.29) is 18.2 Å². The molecule has 130 valence electrons. The van der Waals surface area contributed by atoms with Gasteiger partial charge >= 0.3 is 5.97 Å². The number of benzene rings is 2. The standard InChI is InChI=1S/C19H18BrNO4/c1-13(22)19(24-14(2)23)12-18(15-8-10-16(20)11-9-15)21(25-19)17-6-4-3-5-7-17/h3-11,18H,12H2,1-2H3/t18-,19-/m1/s1. The van der Waals surface area contributed by atoms with Crippen LogP contribution in [0.4, 0.5) is 5.69 Å². The predicted molar refractivity (Wildman–Crippen MR) is 96.7 cm³/mol. The Labute approximate surface area is 154 Å². The zero-order valence-corrected chi connectivity index (χ0v) is 15.5. The number of hydrogen-bond acceptors (Lipinski definition) is 5. The van der Waals surface area contributed by atoms with E-state index in [0.29, 0.717) is 0 Å². The van der Waals surface area contributed by atoms with Crippen molar-refractivity contribution in [1.82, 2.24) is 0 Å². The summed E-state index contributed by atoms with van der Waals surface area (Å²) in [4.78, 5) is 29.8. The molecule has 25 heavy (non-hydrogen) atoms. The molecule has 0 aromatic heterocycles. The molecule has 2 aromatic rings. The Kier molecular flexibility index (Phi) is 4.92. The van der Waals surface area contributed by atoms with E-state index in [2.05, 4.69) is 15.9 Å². The molecule has 3 rings (SSSR count). The summed E-state index contributed by atoms with van der Waals surface area (Å²) in [5.41, 5.74) is 1.74. The molecule has 0 bridgehead atoms. The van der Waals surface area contributed by atoms with Crippen molar-refractivity contribution in [2.24, 2.45) is 0 Å². The molecule has 0 unspecified atom stereocenters. The zero-order valence-electron chi connectivity index (χ0n) is 13.9. The summed E-state index contributed by atoms with van der Waals surface area (Å²) in [7, 11) is 0. The number of ether oxygens (including phenoxy) is 1. The average molecular weight is 404 g/mol. The summed E-state index contributed by atoms with van der Waals surface area (Å²) >= 11 is 3.42. The SMILES string of the molecule is CC(=O)O[C@]1(C(C)=O)C[C@H](c2ccc(Br)cc2)N(c2ccccc2)O1. The summed E-state index contributed by atoms with van der Waals surface area (Å²) in [6, 6.07) is 16.9. The first-order valence-corrected chi connectivity index (χ1v) is 8.70. The third-order valence-electron chi connectivity index (χ3n) is 4.10. The topological polar surface area (TPSA) is 55.8 Å². The monoisotopic (exact) mass is 403 g/mol. The molecule has 1 heterocycles. The summed E-state index contributed by atoms with van der Waals surface area (Å²) < 4.78 is 6.28. The van der Waals surface area contributed by atoms with Crippen LogP contribution >= 0.6 is 15.9 Å². The summed E-state index contributed by atoms with van der Waals surface area (Å²) in [6.07, 6.45) is 0.221. The summed E-state index contributed by atoms with van der Waals surface area (Å²) in [6.45, 7) is 2.64. The fourth-order valence-corrected chi connectivity index (χ4v) is 3.18. The zero-order chi connectivity index (χ0) is 18.0. The minimum absolute atomic E-state index is 0.221.